The highest BCUT2D eigenvalue weighted by molar-refractivity contribution is 7.92. The van der Waals surface area contributed by atoms with Crippen molar-refractivity contribution in [1.82, 2.24) is 9.97 Å². The zero-order chi connectivity index (χ0) is 19.4. The number of sulfonamides is 1. The van der Waals surface area contributed by atoms with Gasteiger partial charge in [0.05, 0.1) is 5.69 Å². The van der Waals surface area contributed by atoms with Crippen molar-refractivity contribution in [3.63, 3.8) is 0 Å². The maximum atomic E-state index is 13.2. The molecule has 9 heteroatoms. The van der Waals surface area contributed by atoms with Crippen LogP contribution < -0.4 is 9.62 Å². The van der Waals surface area contributed by atoms with E-state index in [1.165, 1.54) is 12.3 Å². The number of benzene rings is 1. The van der Waals surface area contributed by atoms with Gasteiger partial charge in [0, 0.05) is 38.2 Å². The van der Waals surface area contributed by atoms with Crippen molar-refractivity contribution < 1.29 is 17.2 Å². The minimum Gasteiger partial charge on any atom is -0.355 e. The number of halogens is 2. The lowest BCUT2D eigenvalue weighted by Crippen LogP contribution is -2.18. The molecule has 140 valence electrons. The number of nitrogens with zero attached hydrogens (tertiary/aromatic N) is 3. The molecular formula is C18H16F2N4O2S. The lowest BCUT2D eigenvalue weighted by Gasteiger charge is -2.18. The molecule has 0 aliphatic heterocycles. The van der Waals surface area contributed by atoms with Gasteiger partial charge in [-0.3, -0.25) is 9.71 Å². The second-order valence-corrected chi connectivity index (χ2v) is 7.48. The summed E-state index contributed by atoms with van der Waals surface area (Å²) in [6, 6.07) is 9.48. The lowest BCUT2D eigenvalue weighted by atomic mass is 10.2. The first kappa shape index (κ1) is 18.7. The molecule has 0 radical (unpaired) electrons. The molecule has 2 aromatic heterocycles. The predicted octanol–water partition coefficient (Wildman–Crippen LogP) is 3.19. The highest BCUT2D eigenvalue weighted by atomic mass is 32.2. The topological polar surface area (TPSA) is 75.2 Å². The van der Waals surface area contributed by atoms with Gasteiger partial charge in [0.2, 0.25) is 0 Å². The Morgan fingerprint density at radius 3 is 2.41 bits per heavy atom. The van der Waals surface area contributed by atoms with E-state index in [1.807, 2.05) is 24.1 Å². The first-order valence-electron chi connectivity index (χ1n) is 7.89. The molecule has 2 heterocycles. The smallest absolute Gasteiger partial charge is 0.263 e. The fraction of sp³-hybridized carbons (Fsp3) is 0.111. The Morgan fingerprint density at radius 1 is 1.04 bits per heavy atom. The van der Waals surface area contributed by atoms with Gasteiger partial charge in [0.25, 0.3) is 10.0 Å². The van der Waals surface area contributed by atoms with Crippen molar-refractivity contribution in [2.75, 3.05) is 16.7 Å². The van der Waals surface area contributed by atoms with Crippen molar-refractivity contribution in [2.45, 2.75) is 11.4 Å². The van der Waals surface area contributed by atoms with Crippen molar-refractivity contribution in [2.24, 2.45) is 0 Å². The number of aromatic nitrogens is 2. The Morgan fingerprint density at radius 2 is 1.78 bits per heavy atom. The Kier molecular flexibility index (Phi) is 5.31. The summed E-state index contributed by atoms with van der Waals surface area (Å²) in [6.45, 7) is 0.578. The SMILES string of the molecule is CN(Cc1ccncc1)c1ccc(S(=O)(=O)Nc2ccc(F)c(F)c2)cn1. The number of rotatable bonds is 6. The summed E-state index contributed by atoms with van der Waals surface area (Å²) < 4.78 is 53.2. The summed E-state index contributed by atoms with van der Waals surface area (Å²) in [6.07, 6.45) is 4.59. The number of anilines is 2. The third-order valence-electron chi connectivity index (χ3n) is 3.76. The van der Waals surface area contributed by atoms with Gasteiger partial charge in [-0.25, -0.2) is 22.2 Å². The minimum atomic E-state index is -3.97. The van der Waals surface area contributed by atoms with Gasteiger partial charge in [0.15, 0.2) is 11.6 Å². The van der Waals surface area contributed by atoms with Gasteiger partial charge in [-0.15, -0.1) is 0 Å². The van der Waals surface area contributed by atoms with E-state index in [0.717, 1.165) is 23.8 Å². The van der Waals surface area contributed by atoms with E-state index in [4.69, 9.17) is 0 Å². The first-order valence-corrected chi connectivity index (χ1v) is 9.37. The number of hydrogen-bond donors (Lipinski definition) is 1. The standard InChI is InChI=1S/C18H16F2N4O2S/c1-24(12-13-6-8-21-9-7-13)18-5-3-15(11-22-18)27(25,26)23-14-2-4-16(19)17(20)10-14/h2-11,23H,12H2,1H3. The van der Waals surface area contributed by atoms with Crippen molar-refractivity contribution in [3.8, 4) is 0 Å². The normalized spacial score (nSPS) is 11.2. The van der Waals surface area contributed by atoms with Crippen molar-refractivity contribution >= 4 is 21.5 Å². The van der Waals surface area contributed by atoms with E-state index in [2.05, 4.69) is 14.7 Å². The van der Waals surface area contributed by atoms with Crippen LogP contribution in [0.25, 0.3) is 0 Å². The molecule has 0 aliphatic carbocycles. The van der Waals surface area contributed by atoms with E-state index >= 15 is 0 Å². The van der Waals surface area contributed by atoms with Gasteiger partial charge >= 0.3 is 0 Å². The van der Waals surface area contributed by atoms with Crippen LogP contribution in [-0.4, -0.2) is 25.4 Å². The Labute approximate surface area is 155 Å². The molecule has 1 N–H and O–H groups in total. The van der Waals surface area contributed by atoms with E-state index in [1.54, 1.807) is 18.5 Å². The van der Waals surface area contributed by atoms with Gasteiger partial charge in [-0.2, -0.15) is 0 Å². The lowest BCUT2D eigenvalue weighted by molar-refractivity contribution is 0.509. The molecule has 3 rings (SSSR count). The molecule has 0 aliphatic rings. The summed E-state index contributed by atoms with van der Waals surface area (Å²) in [5.74, 6) is -1.61. The molecule has 6 nitrogen and oxygen atoms in total. The summed E-state index contributed by atoms with van der Waals surface area (Å²) in [5, 5.41) is 0. The molecular weight excluding hydrogens is 374 g/mol. The molecule has 0 spiro atoms. The maximum Gasteiger partial charge on any atom is 0.263 e. The quantitative estimate of drug-likeness (QED) is 0.700. The molecule has 0 amide bonds. The second-order valence-electron chi connectivity index (χ2n) is 5.80. The molecule has 0 bridgehead atoms. The van der Waals surface area contributed by atoms with Crippen molar-refractivity contribution in [1.29, 1.82) is 0 Å². The Bertz CT molecular complexity index is 1030. The average molecular weight is 390 g/mol. The van der Waals surface area contributed by atoms with Gasteiger partial charge < -0.3 is 4.90 Å². The van der Waals surface area contributed by atoms with Crippen LogP contribution in [0.15, 0.2) is 66.0 Å². The van der Waals surface area contributed by atoms with Crippen molar-refractivity contribution in [3.05, 3.63) is 78.3 Å². The van der Waals surface area contributed by atoms with Crippen LogP contribution in [-0.2, 0) is 16.6 Å². The predicted molar refractivity (Wildman–Crippen MR) is 97.7 cm³/mol. The Balaban J connectivity index is 1.74. The molecule has 1 aromatic carbocycles. The molecule has 0 fully saturated rings. The fourth-order valence-corrected chi connectivity index (χ4v) is 3.37. The average Bonchev–Trinajstić information content (AvgIpc) is 2.65. The summed E-state index contributed by atoms with van der Waals surface area (Å²) in [4.78, 5) is 9.89. The highest BCUT2D eigenvalue weighted by Crippen LogP contribution is 2.20. The van der Waals surface area contributed by atoms with Crippen LogP contribution in [0.5, 0.6) is 0 Å². The summed E-state index contributed by atoms with van der Waals surface area (Å²) >= 11 is 0. The zero-order valence-electron chi connectivity index (χ0n) is 14.3. The number of hydrogen-bond acceptors (Lipinski definition) is 5. The number of pyridine rings is 2. The largest absolute Gasteiger partial charge is 0.355 e. The van der Waals surface area contributed by atoms with Gasteiger partial charge in [-0.05, 0) is 42.0 Å². The van der Waals surface area contributed by atoms with Crippen LogP contribution >= 0.6 is 0 Å². The number of nitrogens with one attached hydrogen (secondary N) is 1. The van der Waals surface area contributed by atoms with Crippen LogP contribution in [0.3, 0.4) is 0 Å². The van der Waals surface area contributed by atoms with Crippen LogP contribution in [0.2, 0.25) is 0 Å². The molecule has 27 heavy (non-hydrogen) atoms. The van der Waals surface area contributed by atoms with E-state index in [9.17, 15) is 17.2 Å². The molecule has 0 unspecified atom stereocenters. The zero-order valence-corrected chi connectivity index (χ0v) is 15.1. The van der Waals surface area contributed by atoms with Gasteiger partial charge in [0.1, 0.15) is 10.7 Å². The van der Waals surface area contributed by atoms with Gasteiger partial charge in [-0.1, -0.05) is 0 Å². The summed E-state index contributed by atoms with van der Waals surface area (Å²) in [5.41, 5.74) is 0.957. The van der Waals surface area contributed by atoms with Crippen LogP contribution in [0, 0.1) is 11.6 Å². The molecule has 0 atom stereocenters. The molecule has 0 saturated carbocycles. The maximum absolute atomic E-state index is 13.2. The summed E-state index contributed by atoms with van der Waals surface area (Å²) in [7, 11) is -2.14. The van der Waals surface area contributed by atoms with E-state index in [-0.39, 0.29) is 10.6 Å². The first-order chi connectivity index (χ1) is 12.8. The minimum absolute atomic E-state index is 0.0761. The monoisotopic (exact) mass is 390 g/mol. The Hall–Kier alpha value is -3.07. The van der Waals surface area contributed by atoms with Crippen LogP contribution in [0.1, 0.15) is 5.56 Å². The third kappa shape index (κ3) is 4.56. The molecule has 3 aromatic rings. The van der Waals surface area contributed by atoms with E-state index in [0.29, 0.717) is 12.4 Å². The fourth-order valence-electron chi connectivity index (χ4n) is 2.37. The third-order valence-corrected chi connectivity index (χ3v) is 5.13. The highest BCUT2D eigenvalue weighted by Gasteiger charge is 2.16. The molecule has 0 saturated heterocycles. The van der Waals surface area contributed by atoms with Crippen LogP contribution in [0.4, 0.5) is 20.3 Å². The van der Waals surface area contributed by atoms with E-state index < -0.39 is 21.7 Å². The second kappa shape index (κ2) is 7.67.